The monoisotopic (exact) mass is 441 g/mol. The lowest BCUT2D eigenvalue weighted by atomic mass is 9.94. The standard InChI is InChI=1S/C21H27N3OS.2ClH/c1-16(20(22)17-7-3-2-4-8-17)21(25)23-19-10-6-5-9-18(19)15-24-11-13-26-14-12-24;;/h2-10,16,20H,11-15,22H2,1H3,(H,23,25);2*1H. The van der Waals surface area contributed by atoms with Gasteiger partial charge in [0.05, 0.1) is 5.92 Å². The number of thioether (sulfide) groups is 1. The Morgan fingerprint density at radius 3 is 2.36 bits per heavy atom. The molecular weight excluding hydrogens is 413 g/mol. The van der Waals surface area contributed by atoms with E-state index < -0.39 is 0 Å². The second-order valence-electron chi connectivity index (χ2n) is 6.76. The quantitative estimate of drug-likeness (QED) is 0.698. The van der Waals surface area contributed by atoms with Gasteiger partial charge in [-0.2, -0.15) is 11.8 Å². The zero-order valence-corrected chi connectivity index (χ0v) is 18.5. The van der Waals surface area contributed by atoms with Crippen molar-refractivity contribution in [3.8, 4) is 0 Å². The van der Waals surface area contributed by atoms with Crippen LogP contribution in [0.1, 0.15) is 24.1 Å². The molecule has 2 aromatic carbocycles. The smallest absolute Gasteiger partial charge is 0.229 e. The van der Waals surface area contributed by atoms with Gasteiger partial charge in [0.2, 0.25) is 5.91 Å². The van der Waals surface area contributed by atoms with E-state index >= 15 is 0 Å². The molecule has 4 nitrogen and oxygen atoms in total. The van der Waals surface area contributed by atoms with Gasteiger partial charge in [0.25, 0.3) is 0 Å². The molecule has 2 unspecified atom stereocenters. The zero-order valence-electron chi connectivity index (χ0n) is 16.0. The van der Waals surface area contributed by atoms with Gasteiger partial charge in [-0.1, -0.05) is 55.5 Å². The third-order valence-electron chi connectivity index (χ3n) is 4.91. The molecule has 0 aliphatic carbocycles. The minimum Gasteiger partial charge on any atom is -0.325 e. The van der Waals surface area contributed by atoms with Gasteiger partial charge >= 0.3 is 0 Å². The number of carbonyl (C=O) groups excluding carboxylic acids is 1. The van der Waals surface area contributed by atoms with E-state index in [9.17, 15) is 4.79 Å². The number of amides is 1. The summed E-state index contributed by atoms with van der Waals surface area (Å²) in [4.78, 5) is 15.2. The Balaban J connectivity index is 0.00000196. The third-order valence-corrected chi connectivity index (χ3v) is 5.85. The Hall–Kier alpha value is -1.24. The molecule has 3 N–H and O–H groups in total. The molecule has 1 aliphatic rings. The Kier molecular flexibility index (Phi) is 10.9. The van der Waals surface area contributed by atoms with E-state index in [1.807, 2.05) is 67.2 Å². The molecule has 7 heteroatoms. The van der Waals surface area contributed by atoms with Crippen LogP contribution < -0.4 is 11.1 Å². The van der Waals surface area contributed by atoms with Crippen LogP contribution in [0, 0.1) is 5.92 Å². The summed E-state index contributed by atoms with van der Waals surface area (Å²) < 4.78 is 0. The number of rotatable bonds is 6. The van der Waals surface area contributed by atoms with Crippen molar-refractivity contribution in [2.75, 3.05) is 29.9 Å². The van der Waals surface area contributed by atoms with E-state index in [2.05, 4.69) is 16.3 Å². The average Bonchev–Trinajstić information content (AvgIpc) is 2.69. The second-order valence-corrected chi connectivity index (χ2v) is 7.98. The Bertz CT molecular complexity index is 727. The van der Waals surface area contributed by atoms with Gasteiger partial charge in [0.1, 0.15) is 0 Å². The molecular formula is C21H29Cl2N3OS. The van der Waals surface area contributed by atoms with Gasteiger partial charge in [-0.15, -0.1) is 24.8 Å². The summed E-state index contributed by atoms with van der Waals surface area (Å²) in [6.45, 7) is 4.96. The van der Waals surface area contributed by atoms with Crippen molar-refractivity contribution in [2.24, 2.45) is 11.7 Å². The Labute approximate surface area is 184 Å². The largest absolute Gasteiger partial charge is 0.325 e. The SMILES string of the molecule is CC(C(=O)Nc1ccccc1CN1CCSCC1)C(N)c1ccccc1.Cl.Cl. The fraction of sp³-hybridized carbons (Fsp3) is 0.381. The number of para-hydroxylation sites is 1. The first-order valence-electron chi connectivity index (χ1n) is 9.14. The number of benzene rings is 2. The summed E-state index contributed by atoms with van der Waals surface area (Å²) in [6, 6.07) is 17.5. The number of nitrogens with zero attached hydrogens (tertiary/aromatic N) is 1. The molecule has 28 heavy (non-hydrogen) atoms. The van der Waals surface area contributed by atoms with Crippen LogP contribution in [0.5, 0.6) is 0 Å². The maximum absolute atomic E-state index is 12.8. The van der Waals surface area contributed by atoms with E-state index in [0.717, 1.165) is 36.4 Å². The molecule has 0 bridgehead atoms. The third kappa shape index (κ3) is 6.68. The first kappa shape index (κ1) is 24.8. The topological polar surface area (TPSA) is 58.4 Å². The van der Waals surface area contributed by atoms with Crippen molar-refractivity contribution in [1.29, 1.82) is 0 Å². The Morgan fingerprint density at radius 1 is 1.07 bits per heavy atom. The summed E-state index contributed by atoms with van der Waals surface area (Å²) in [5, 5.41) is 3.10. The summed E-state index contributed by atoms with van der Waals surface area (Å²) in [5.74, 6) is 2.01. The molecule has 154 valence electrons. The number of anilines is 1. The van der Waals surface area contributed by atoms with Crippen LogP contribution in [0.2, 0.25) is 0 Å². The van der Waals surface area contributed by atoms with Gasteiger partial charge in [0, 0.05) is 42.9 Å². The van der Waals surface area contributed by atoms with Crippen molar-refractivity contribution in [3.05, 3.63) is 65.7 Å². The number of hydrogen-bond acceptors (Lipinski definition) is 4. The number of halogens is 2. The van der Waals surface area contributed by atoms with E-state index in [1.165, 1.54) is 11.5 Å². The maximum Gasteiger partial charge on any atom is 0.229 e. The molecule has 1 heterocycles. The highest BCUT2D eigenvalue weighted by Crippen LogP contribution is 2.23. The van der Waals surface area contributed by atoms with E-state index in [-0.39, 0.29) is 42.7 Å². The van der Waals surface area contributed by atoms with E-state index in [4.69, 9.17) is 5.73 Å². The summed E-state index contributed by atoms with van der Waals surface area (Å²) in [7, 11) is 0. The highest BCUT2D eigenvalue weighted by atomic mass is 35.5. The minimum absolute atomic E-state index is 0. The van der Waals surface area contributed by atoms with Crippen LogP contribution in [0.4, 0.5) is 5.69 Å². The fourth-order valence-corrected chi connectivity index (χ4v) is 4.13. The number of nitrogens with one attached hydrogen (secondary N) is 1. The highest BCUT2D eigenvalue weighted by molar-refractivity contribution is 7.99. The molecule has 1 aliphatic heterocycles. The number of nitrogens with two attached hydrogens (primary N) is 1. The van der Waals surface area contributed by atoms with Crippen molar-refractivity contribution < 1.29 is 4.79 Å². The Morgan fingerprint density at radius 2 is 1.68 bits per heavy atom. The average molecular weight is 442 g/mol. The van der Waals surface area contributed by atoms with Crippen molar-refractivity contribution in [3.63, 3.8) is 0 Å². The number of carbonyl (C=O) groups is 1. The van der Waals surface area contributed by atoms with Gasteiger partial charge in [-0.05, 0) is 17.2 Å². The second kappa shape index (κ2) is 12.3. The lowest BCUT2D eigenvalue weighted by Crippen LogP contribution is -2.33. The van der Waals surface area contributed by atoms with Gasteiger partial charge in [-0.3, -0.25) is 9.69 Å². The van der Waals surface area contributed by atoms with E-state index in [0.29, 0.717) is 0 Å². The molecule has 2 atom stereocenters. The fourth-order valence-electron chi connectivity index (χ4n) is 3.15. The molecule has 1 saturated heterocycles. The van der Waals surface area contributed by atoms with Gasteiger partial charge in [0.15, 0.2) is 0 Å². The van der Waals surface area contributed by atoms with Crippen molar-refractivity contribution >= 4 is 48.2 Å². The molecule has 1 fully saturated rings. The highest BCUT2D eigenvalue weighted by Gasteiger charge is 2.23. The molecule has 1 amide bonds. The first-order valence-corrected chi connectivity index (χ1v) is 10.3. The van der Waals surface area contributed by atoms with Crippen LogP contribution in [-0.4, -0.2) is 35.4 Å². The van der Waals surface area contributed by atoms with Crippen LogP contribution in [0.25, 0.3) is 0 Å². The lowest BCUT2D eigenvalue weighted by Gasteiger charge is -2.27. The molecule has 0 saturated carbocycles. The lowest BCUT2D eigenvalue weighted by molar-refractivity contribution is -0.120. The summed E-state index contributed by atoms with van der Waals surface area (Å²) in [6.07, 6.45) is 0. The van der Waals surface area contributed by atoms with Crippen molar-refractivity contribution in [2.45, 2.75) is 19.5 Å². The minimum atomic E-state index is -0.317. The molecule has 0 radical (unpaired) electrons. The van der Waals surface area contributed by atoms with Gasteiger partial charge in [-0.25, -0.2) is 0 Å². The van der Waals surface area contributed by atoms with Crippen molar-refractivity contribution in [1.82, 2.24) is 4.90 Å². The van der Waals surface area contributed by atoms with Crippen LogP contribution in [-0.2, 0) is 11.3 Å². The molecule has 3 rings (SSSR count). The normalized spacial score (nSPS) is 16.2. The maximum atomic E-state index is 12.8. The molecule has 0 aromatic heterocycles. The zero-order chi connectivity index (χ0) is 18.4. The van der Waals surface area contributed by atoms with Gasteiger partial charge < -0.3 is 11.1 Å². The number of hydrogen-bond donors (Lipinski definition) is 2. The predicted molar refractivity (Wildman–Crippen MR) is 125 cm³/mol. The first-order chi connectivity index (χ1) is 12.6. The predicted octanol–water partition coefficient (Wildman–Crippen LogP) is 4.35. The summed E-state index contributed by atoms with van der Waals surface area (Å²) >= 11 is 2.00. The summed E-state index contributed by atoms with van der Waals surface area (Å²) in [5.41, 5.74) is 9.34. The van der Waals surface area contributed by atoms with Crippen LogP contribution >= 0.6 is 36.6 Å². The van der Waals surface area contributed by atoms with Crippen LogP contribution in [0.15, 0.2) is 54.6 Å². The van der Waals surface area contributed by atoms with Crippen LogP contribution in [0.3, 0.4) is 0 Å². The van der Waals surface area contributed by atoms with E-state index in [1.54, 1.807) is 0 Å². The molecule has 0 spiro atoms. The molecule has 2 aromatic rings.